The zero-order valence-corrected chi connectivity index (χ0v) is 17.9. The highest BCUT2D eigenvalue weighted by molar-refractivity contribution is 8.18. The van der Waals surface area contributed by atoms with Crippen molar-refractivity contribution in [1.29, 1.82) is 0 Å². The minimum absolute atomic E-state index is 0.0139. The van der Waals surface area contributed by atoms with Crippen molar-refractivity contribution in [1.82, 2.24) is 10.2 Å². The molecule has 2 heterocycles. The number of aryl methyl sites for hydroxylation is 1. The van der Waals surface area contributed by atoms with Crippen molar-refractivity contribution in [2.75, 3.05) is 13.1 Å². The van der Waals surface area contributed by atoms with E-state index in [2.05, 4.69) is 5.32 Å². The summed E-state index contributed by atoms with van der Waals surface area (Å²) >= 11 is 8.10. The molecule has 1 saturated heterocycles. The molecule has 1 N–H and O–H groups in total. The number of carbonyl (C=O) groups excluding carboxylic acids is 3. The molecule has 30 heavy (non-hydrogen) atoms. The number of hydrogen-bond acceptors (Lipinski definition) is 7. The zero-order chi connectivity index (χ0) is 21.7. The van der Waals surface area contributed by atoms with Crippen LogP contribution >= 0.6 is 34.7 Å². The van der Waals surface area contributed by atoms with Gasteiger partial charge in [0.15, 0.2) is 0 Å². The van der Waals surface area contributed by atoms with Gasteiger partial charge < -0.3 is 5.32 Å². The maximum atomic E-state index is 12.5. The van der Waals surface area contributed by atoms with Crippen molar-refractivity contribution in [3.8, 4) is 0 Å². The van der Waals surface area contributed by atoms with Gasteiger partial charge in [-0.2, -0.15) is 11.3 Å². The molecule has 0 radical (unpaired) electrons. The van der Waals surface area contributed by atoms with Gasteiger partial charge in [-0.05, 0) is 58.3 Å². The Morgan fingerprint density at radius 3 is 2.80 bits per heavy atom. The quantitative estimate of drug-likeness (QED) is 0.357. The molecule has 11 heteroatoms. The van der Waals surface area contributed by atoms with Crippen LogP contribution in [0.25, 0.3) is 6.08 Å². The Balaban J connectivity index is 1.55. The van der Waals surface area contributed by atoms with Gasteiger partial charge in [0.1, 0.15) is 5.02 Å². The summed E-state index contributed by atoms with van der Waals surface area (Å²) in [6.45, 7) is 0.202. The maximum absolute atomic E-state index is 12.5. The third kappa shape index (κ3) is 5.47. The van der Waals surface area contributed by atoms with E-state index in [9.17, 15) is 24.5 Å². The van der Waals surface area contributed by atoms with E-state index in [-0.39, 0.29) is 34.6 Å². The average molecular weight is 466 g/mol. The standard InChI is InChI=1S/C19H16ClN3O5S2/c20-14-3-1-13(9-15(14)23(27)28)10-16-18(25)22(19(26)30-16)7-6-21-17(24)4-2-12-5-8-29-11-12/h1,3,5,8-11H,2,4,6-7H2,(H,21,24)/b16-10-. The second-order valence-corrected chi connectivity index (χ2v) is 8.46. The van der Waals surface area contributed by atoms with Crippen LogP contribution in [-0.2, 0) is 16.0 Å². The number of amides is 3. The fraction of sp³-hybridized carbons (Fsp3) is 0.211. The number of thioether (sulfide) groups is 1. The largest absolute Gasteiger partial charge is 0.354 e. The van der Waals surface area contributed by atoms with Crippen molar-refractivity contribution in [3.63, 3.8) is 0 Å². The normalized spacial score (nSPS) is 15.1. The number of thiophene rings is 1. The van der Waals surface area contributed by atoms with E-state index in [4.69, 9.17) is 11.6 Å². The molecule has 0 bridgehead atoms. The highest BCUT2D eigenvalue weighted by Gasteiger charge is 2.34. The molecule has 1 aliphatic heterocycles. The van der Waals surface area contributed by atoms with Gasteiger partial charge in [0.05, 0.1) is 9.83 Å². The Labute approximate surface area is 185 Å². The third-order valence-electron chi connectivity index (χ3n) is 4.22. The van der Waals surface area contributed by atoms with Gasteiger partial charge in [-0.25, -0.2) is 0 Å². The van der Waals surface area contributed by atoms with E-state index < -0.39 is 16.1 Å². The molecular weight excluding hydrogens is 450 g/mol. The number of hydrogen-bond donors (Lipinski definition) is 1. The number of carbonyl (C=O) groups is 3. The lowest BCUT2D eigenvalue weighted by molar-refractivity contribution is -0.384. The molecule has 3 rings (SSSR count). The fourth-order valence-corrected chi connectivity index (χ4v) is 4.45. The summed E-state index contributed by atoms with van der Waals surface area (Å²) in [4.78, 5) is 48.2. The molecule has 3 amide bonds. The predicted molar refractivity (Wildman–Crippen MR) is 116 cm³/mol. The summed E-state index contributed by atoms with van der Waals surface area (Å²) in [7, 11) is 0. The first-order valence-electron chi connectivity index (χ1n) is 8.82. The Morgan fingerprint density at radius 2 is 2.10 bits per heavy atom. The monoisotopic (exact) mass is 465 g/mol. The molecule has 1 aromatic heterocycles. The van der Waals surface area contributed by atoms with Crippen molar-refractivity contribution in [2.45, 2.75) is 12.8 Å². The zero-order valence-electron chi connectivity index (χ0n) is 15.5. The van der Waals surface area contributed by atoms with Gasteiger partial charge in [-0.1, -0.05) is 17.7 Å². The highest BCUT2D eigenvalue weighted by Crippen LogP contribution is 2.33. The van der Waals surface area contributed by atoms with Gasteiger partial charge in [0.2, 0.25) is 5.91 Å². The number of halogens is 1. The van der Waals surface area contributed by atoms with Crippen LogP contribution in [0.1, 0.15) is 17.5 Å². The Kier molecular flexibility index (Phi) is 7.24. The number of nitrogens with one attached hydrogen (secondary N) is 1. The summed E-state index contributed by atoms with van der Waals surface area (Å²) in [5.74, 6) is -0.660. The predicted octanol–water partition coefficient (Wildman–Crippen LogP) is 4.10. The van der Waals surface area contributed by atoms with E-state index >= 15 is 0 Å². The number of nitro benzene ring substituents is 1. The van der Waals surface area contributed by atoms with Crippen LogP contribution in [-0.4, -0.2) is 40.0 Å². The fourth-order valence-electron chi connectivity index (χ4n) is 2.69. The molecule has 0 unspecified atom stereocenters. The number of imide groups is 1. The lowest BCUT2D eigenvalue weighted by Crippen LogP contribution is -2.37. The number of rotatable bonds is 8. The molecule has 0 saturated carbocycles. The second kappa shape index (κ2) is 9.88. The molecule has 0 aliphatic carbocycles. The maximum Gasteiger partial charge on any atom is 0.293 e. The van der Waals surface area contributed by atoms with Gasteiger partial charge in [0.25, 0.3) is 16.8 Å². The number of benzene rings is 1. The molecule has 1 fully saturated rings. The molecular formula is C19H16ClN3O5S2. The van der Waals surface area contributed by atoms with E-state index in [1.807, 2.05) is 16.8 Å². The van der Waals surface area contributed by atoms with E-state index in [1.165, 1.54) is 24.3 Å². The number of nitro groups is 1. The van der Waals surface area contributed by atoms with Crippen LogP contribution < -0.4 is 5.32 Å². The van der Waals surface area contributed by atoms with E-state index in [0.717, 1.165) is 22.2 Å². The molecule has 1 aliphatic rings. The van der Waals surface area contributed by atoms with E-state index in [0.29, 0.717) is 18.4 Å². The first-order chi connectivity index (χ1) is 14.3. The molecule has 2 aromatic rings. The second-order valence-electron chi connectivity index (χ2n) is 6.28. The first kappa shape index (κ1) is 22.0. The lowest BCUT2D eigenvalue weighted by Gasteiger charge is -2.12. The molecule has 0 spiro atoms. The van der Waals surface area contributed by atoms with Crippen molar-refractivity contribution < 1.29 is 19.3 Å². The summed E-state index contributed by atoms with van der Waals surface area (Å²) in [6, 6.07) is 6.09. The van der Waals surface area contributed by atoms with Crippen LogP contribution in [0.2, 0.25) is 5.02 Å². The van der Waals surface area contributed by atoms with E-state index in [1.54, 1.807) is 11.3 Å². The minimum atomic E-state index is -0.619. The average Bonchev–Trinajstić information content (AvgIpc) is 3.31. The molecule has 0 atom stereocenters. The topological polar surface area (TPSA) is 110 Å². The number of nitrogens with zero attached hydrogens (tertiary/aromatic N) is 2. The Morgan fingerprint density at radius 1 is 1.30 bits per heavy atom. The van der Waals surface area contributed by atoms with Crippen LogP contribution in [0.4, 0.5) is 10.5 Å². The first-order valence-corrected chi connectivity index (χ1v) is 11.0. The van der Waals surface area contributed by atoms with Crippen LogP contribution in [0, 0.1) is 10.1 Å². The molecule has 1 aromatic carbocycles. The van der Waals surface area contributed by atoms with Crippen molar-refractivity contribution in [2.24, 2.45) is 0 Å². The smallest absolute Gasteiger partial charge is 0.293 e. The van der Waals surface area contributed by atoms with Crippen LogP contribution in [0.15, 0.2) is 39.9 Å². The Hall–Kier alpha value is -2.69. The van der Waals surface area contributed by atoms with Crippen molar-refractivity contribution >= 4 is 63.5 Å². The summed E-state index contributed by atoms with van der Waals surface area (Å²) in [5, 5.41) is 17.2. The van der Waals surface area contributed by atoms with Gasteiger partial charge in [-0.3, -0.25) is 29.4 Å². The SMILES string of the molecule is O=C(CCc1ccsc1)NCCN1C(=O)S/C(=C\c2ccc(Cl)c([N+](=O)[O-])c2)C1=O. The summed E-state index contributed by atoms with van der Waals surface area (Å²) in [5.41, 5.74) is 1.20. The summed E-state index contributed by atoms with van der Waals surface area (Å²) in [6.07, 6.45) is 2.37. The van der Waals surface area contributed by atoms with Crippen molar-refractivity contribution in [3.05, 3.63) is 66.2 Å². The van der Waals surface area contributed by atoms with Gasteiger partial charge >= 0.3 is 0 Å². The Bertz CT molecular complexity index is 1020. The third-order valence-corrected chi connectivity index (χ3v) is 6.18. The van der Waals surface area contributed by atoms with Gasteiger partial charge in [-0.15, -0.1) is 0 Å². The minimum Gasteiger partial charge on any atom is -0.354 e. The molecule has 8 nitrogen and oxygen atoms in total. The molecule has 156 valence electrons. The summed E-state index contributed by atoms with van der Waals surface area (Å²) < 4.78 is 0. The highest BCUT2D eigenvalue weighted by atomic mass is 35.5. The van der Waals surface area contributed by atoms with Crippen LogP contribution in [0.3, 0.4) is 0 Å². The van der Waals surface area contributed by atoms with Gasteiger partial charge in [0, 0.05) is 25.6 Å². The van der Waals surface area contributed by atoms with Crippen LogP contribution in [0.5, 0.6) is 0 Å². The lowest BCUT2D eigenvalue weighted by atomic mass is 10.2.